The second-order valence-electron chi connectivity index (χ2n) is 6.90. The summed E-state index contributed by atoms with van der Waals surface area (Å²) in [6.07, 6.45) is 19.5. The van der Waals surface area contributed by atoms with E-state index >= 15 is 0 Å². The van der Waals surface area contributed by atoms with E-state index in [2.05, 4.69) is 26.0 Å². The molecule has 1 nitrogen and oxygen atoms in total. The zero-order chi connectivity index (χ0) is 14.2. The molecule has 1 saturated carbocycles. The molecule has 0 bridgehead atoms. The standard InChI is InChI=1S/C19H34O/c1-3-5-6-7-16-8-10-17(11-9-16)18-12-14-19(15-13-18)20-4-2/h12,14,16-19H,3-11,13,15H2,1-2H3. The molecular formula is C19H34O. The van der Waals surface area contributed by atoms with Gasteiger partial charge in [-0.05, 0) is 50.4 Å². The van der Waals surface area contributed by atoms with Gasteiger partial charge in [0.2, 0.25) is 0 Å². The second kappa shape index (κ2) is 8.87. The van der Waals surface area contributed by atoms with E-state index < -0.39 is 0 Å². The maximum atomic E-state index is 5.70. The number of ether oxygens (including phenoxy) is 1. The van der Waals surface area contributed by atoms with Crippen molar-refractivity contribution in [2.24, 2.45) is 17.8 Å². The van der Waals surface area contributed by atoms with E-state index in [1.54, 1.807) is 0 Å². The van der Waals surface area contributed by atoms with E-state index in [0.29, 0.717) is 6.10 Å². The molecule has 0 heterocycles. The molecule has 2 aliphatic carbocycles. The van der Waals surface area contributed by atoms with Crippen molar-refractivity contribution in [1.29, 1.82) is 0 Å². The van der Waals surface area contributed by atoms with Crippen LogP contribution in [0.15, 0.2) is 12.2 Å². The Balaban J connectivity index is 1.68. The Morgan fingerprint density at radius 2 is 1.70 bits per heavy atom. The van der Waals surface area contributed by atoms with Crippen molar-refractivity contribution < 1.29 is 4.74 Å². The monoisotopic (exact) mass is 278 g/mol. The predicted octanol–water partition coefficient (Wildman–Crippen LogP) is 5.74. The summed E-state index contributed by atoms with van der Waals surface area (Å²) in [5.74, 6) is 2.86. The summed E-state index contributed by atoms with van der Waals surface area (Å²) < 4.78 is 5.70. The van der Waals surface area contributed by atoms with Crippen molar-refractivity contribution in [2.75, 3.05) is 6.61 Å². The first-order valence-electron chi connectivity index (χ1n) is 9.13. The average molecular weight is 278 g/mol. The largest absolute Gasteiger partial charge is 0.374 e. The predicted molar refractivity (Wildman–Crippen MR) is 86.9 cm³/mol. The minimum Gasteiger partial charge on any atom is -0.374 e. The highest BCUT2D eigenvalue weighted by Gasteiger charge is 2.28. The Morgan fingerprint density at radius 1 is 0.900 bits per heavy atom. The van der Waals surface area contributed by atoms with Gasteiger partial charge >= 0.3 is 0 Å². The second-order valence-corrected chi connectivity index (χ2v) is 6.90. The van der Waals surface area contributed by atoms with E-state index in [9.17, 15) is 0 Å². The van der Waals surface area contributed by atoms with Crippen molar-refractivity contribution in [1.82, 2.24) is 0 Å². The summed E-state index contributed by atoms with van der Waals surface area (Å²) in [4.78, 5) is 0. The molecule has 1 heteroatoms. The molecule has 0 radical (unpaired) electrons. The topological polar surface area (TPSA) is 9.23 Å². The van der Waals surface area contributed by atoms with Gasteiger partial charge in [0.25, 0.3) is 0 Å². The molecule has 2 aliphatic rings. The SMILES string of the molecule is CCCCCC1CCC(C2C=CC(OCC)CC2)CC1. The molecule has 0 saturated heterocycles. The lowest BCUT2D eigenvalue weighted by molar-refractivity contribution is 0.0753. The highest BCUT2D eigenvalue weighted by molar-refractivity contribution is 5.01. The van der Waals surface area contributed by atoms with Crippen LogP contribution in [0.5, 0.6) is 0 Å². The summed E-state index contributed by atoms with van der Waals surface area (Å²) >= 11 is 0. The highest BCUT2D eigenvalue weighted by Crippen LogP contribution is 2.39. The molecule has 0 aromatic rings. The minimum atomic E-state index is 0.404. The van der Waals surface area contributed by atoms with Crippen LogP contribution < -0.4 is 0 Å². The first-order valence-corrected chi connectivity index (χ1v) is 9.13. The lowest BCUT2D eigenvalue weighted by atomic mass is 9.72. The average Bonchev–Trinajstić information content (AvgIpc) is 2.49. The van der Waals surface area contributed by atoms with Crippen LogP contribution in [0.3, 0.4) is 0 Å². The Kier molecular flexibility index (Phi) is 7.13. The molecule has 0 amide bonds. The van der Waals surface area contributed by atoms with Crippen molar-refractivity contribution in [3.05, 3.63) is 12.2 Å². The van der Waals surface area contributed by atoms with Gasteiger partial charge in [-0.25, -0.2) is 0 Å². The van der Waals surface area contributed by atoms with Crippen LogP contribution >= 0.6 is 0 Å². The van der Waals surface area contributed by atoms with Crippen LogP contribution in [-0.4, -0.2) is 12.7 Å². The molecule has 0 N–H and O–H groups in total. The molecule has 20 heavy (non-hydrogen) atoms. The molecular weight excluding hydrogens is 244 g/mol. The number of allylic oxidation sites excluding steroid dienone is 1. The molecule has 2 rings (SSSR count). The van der Waals surface area contributed by atoms with Gasteiger partial charge in [-0.2, -0.15) is 0 Å². The van der Waals surface area contributed by atoms with Crippen LogP contribution in [0, 0.1) is 17.8 Å². The van der Waals surface area contributed by atoms with Crippen molar-refractivity contribution in [3.63, 3.8) is 0 Å². The van der Waals surface area contributed by atoms with Crippen LogP contribution in [0.25, 0.3) is 0 Å². The Labute approximate surface area is 126 Å². The Bertz CT molecular complexity index is 275. The quantitative estimate of drug-likeness (QED) is 0.426. The molecule has 2 atom stereocenters. The molecule has 0 aliphatic heterocycles. The first kappa shape index (κ1) is 16.1. The summed E-state index contributed by atoms with van der Waals surface area (Å²) in [5, 5.41) is 0. The summed E-state index contributed by atoms with van der Waals surface area (Å²) in [5.41, 5.74) is 0. The maximum Gasteiger partial charge on any atom is 0.0755 e. The third-order valence-electron chi connectivity index (χ3n) is 5.45. The summed E-state index contributed by atoms with van der Waals surface area (Å²) in [7, 11) is 0. The van der Waals surface area contributed by atoms with Gasteiger partial charge in [0.15, 0.2) is 0 Å². The number of hydrogen-bond donors (Lipinski definition) is 0. The van der Waals surface area contributed by atoms with Gasteiger partial charge in [0.05, 0.1) is 6.10 Å². The lowest BCUT2D eigenvalue weighted by Crippen LogP contribution is -2.25. The van der Waals surface area contributed by atoms with Gasteiger partial charge in [-0.1, -0.05) is 57.6 Å². The van der Waals surface area contributed by atoms with Crippen molar-refractivity contribution in [3.8, 4) is 0 Å². The number of rotatable bonds is 7. The normalized spacial score (nSPS) is 34.3. The molecule has 0 aromatic heterocycles. The lowest BCUT2D eigenvalue weighted by Gasteiger charge is -2.35. The minimum absolute atomic E-state index is 0.404. The molecule has 2 unspecified atom stereocenters. The first-order chi connectivity index (χ1) is 9.83. The Hall–Kier alpha value is -0.300. The molecule has 116 valence electrons. The van der Waals surface area contributed by atoms with E-state index in [4.69, 9.17) is 4.74 Å². The third-order valence-corrected chi connectivity index (χ3v) is 5.45. The van der Waals surface area contributed by atoms with E-state index in [0.717, 1.165) is 24.4 Å². The van der Waals surface area contributed by atoms with Gasteiger partial charge in [0.1, 0.15) is 0 Å². The molecule has 0 spiro atoms. The zero-order valence-corrected chi connectivity index (χ0v) is 13.7. The van der Waals surface area contributed by atoms with Gasteiger partial charge in [0, 0.05) is 6.61 Å². The van der Waals surface area contributed by atoms with E-state index in [1.807, 2.05) is 0 Å². The van der Waals surface area contributed by atoms with Crippen LogP contribution in [0.1, 0.15) is 78.1 Å². The fraction of sp³-hybridized carbons (Fsp3) is 0.895. The van der Waals surface area contributed by atoms with Crippen LogP contribution in [0.2, 0.25) is 0 Å². The summed E-state index contributed by atoms with van der Waals surface area (Å²) in [6, 6.07) is 0. The smallest absolute Gasteiger partial charge is 0.0755 e. The molecule has 0 aromatic carbocycles. The molecule has 1 fully saturated rings. The number of unbranched alkanes of at least 4 members (excludes halogenated alkanes) is 2. The maximum absolute atomic E-state index is 5.70. The highest BCUT2D eigenvalue weighted by atomic mass is 16.5. The zero-order valence-electron chi connectivity index (χ0n) is 13.7. The fourth-order valence-electron chi connectivity index (χ4n) is 4.15. The van der Waals surface area contributed by atoms with Crippen LogP contribution in [-0.2, 0) is 4.74 Å². The fourth-order valence-corrected chi connectivity index (χ4v) is 4.15. The van der Waals surface area contributed by atoms with Gasteiger partial charge in [-0.3, -0.25) is 0 Å². The van der Waals surface area contributed by atoms with Crippen molar-refractivity contribution in [2.45, 2.75) is 84.2 Å². The van der Waals surface area contributed by atoms with E-state index in [-0.39, 0.29) is 0 Å². The summed E-state index contributed by atoms with van der Waals surface area (Å²) in [6.45, 7) is 5.25. The third kappa shape index (κ3) is 4.91. The van der Waals surface area contributed by atoms with Gasteiger partial charge < -0.3 is 4.74 Å². The van der Waals surface area contributed by atoms with Crippen molar-refractivity contribution >= 4 is 0 Å². The number of hydrogen-bond acceptors (Lipinski definition) is 1. The van der Waals surface area contributed by atoms with Gasteiger partial charge in [-0.15, -0.1) is 0 Å². The van der Waals surface area contributed by atoms with Crippen LogP contribution in [0.4, 0.5) is 0 Å². The Morgan fingerprint density at radius 3 is 2.30 bits per heavy atom. The van der Waals surface area contributed by atoms with E-state index in [1.165, 1.54) is 64.2 Å².